The molecular weight excluding hydrogens is 352 g/mol. The van der Waals surface area contributed by atoms with Crippen molar-refractivity contribution in [1.29, 1.82) is 0 Å². The number of aromatic amines is 1. The van der Waals surface area contributed by atoms with Crippen molar-refractivity contribution in [2.24, 2.45) is 5.73 Å². The number of benzene rings is 1. The second kappa shape index (κ2) is 7.02. The Bertz CT molecular complexity index is 1010. The molecule has 1 aromatic heterocycles. The molecule has 3 rings (SSSR count). The number of nitrogens with zero attached hydrogens (tertiary/aromatic N) is 1. The zero-order chi connectivity index (χ0) is 19.7. The van der Waals surface area contributed by atoms with Gasteiger partial charge in [-0.05, 0) is 49.9 Å². The summed E-state index contributed by atoms with van der Waals surface area (Å²) in [6, 6.07) is 5.18. The van der Waals surface area contributed by atoms with Crippen LogP contribution in [0.1, 0.15) is 56.4 Å². The van der Waals surface area contributed by atoms with Gasteiger partial charge in [0.2, 0.25) is 0 Å². The fourth-order valence-electron chi connectivity index (χ4n) is 3.32. The molecule has 0 aliphatic heterocycles. The fraction of sp³-hybridized carbons (Fsp3) is 0.278. The van der Waals surface area contributed by atoms with Gasteiger partial charge in [-0.3, -0.25) is 24.5 Å². The highest BCUT2D eigenvalue weighted by Crippen LogP contribution is 2.29. The van der Waals surface area contributed by atoms with Gasteiger partial charge in [-0.1, -0.05) is 0 Å². The van der Waals surface area contributed by atoms with Crippen LogP contribution in [0.3, 0.4) is 0 Å². The number of pyridine rings is 1. The van der Waals surface area contributed by atoms with Crippen LogP contribution in [-0.4, -0.2) is 21.7 Å². The second-order valence-corrected chi connectivity index (χ2v) is 6.49. The number of carbonyl (C=O) groups excluding carboxylic acids is 2. The third kappa shape index (κ3) is 3.57. The molecule has 2 aromatic rings. The molecule has 1 heterocycles. The number of rotatable bonds is 4. The zero-order valence-electron chi connectivity index (χ0n) is 14.6. The molecule has 2 amide bonds. The Labute approximate surface area is 153 Å². The summed E-state index contributed by atoms with van der Waals surface area (Å²) in [4.78, 5) is 49.0. The average Bonchev–Trinajstić information content (AvgIpc) is 2.60. The highest BCUT2D eigenvalue weighted by Gasteiger charge is 2.25. The van der Waals surface area contributed by atoms with E-state index >= 15 is 0 Å². The maximum atomic E-state index is 12.6. The van der Waals surface area contributed by atoms with Gasteiger partial charge in [0, 0.05) is 22.9 Å². The van der Waals surface area contributed by atoms with Crippen molar-refractivity contribution in [2.45, 2.75) is 32.2 Å². The van der Waals surface area contributed by atoms with Gasteiger partial charge >= 0.3 is 0 Å². The van der Waals surface area contributed by atoms with Crippen molar-refractivity contribution in [3.63, 3.8) is 0 Å². The van der Waals surface area contributed by atoms with E-state index < -0.39 is 28.3 Å². The molecule has 0 fully saturated rings. The average molecular weight is 370 g/mol. The molecule has 1 unspecified atom stereocenters. The first-order chi connectivity index (χ1) is 12.8. The van der Waals surface area contributed by atoms with Gasteiger partial charge < -0.3 is 16.0 Å². The summed E-state index contributed by atoms with van der Waals surface area (Å²) >= 11 is 0. The van der Waals surface area contributed by atoms with E-state index in [0.717, 1.165) is 6.42 Å². The monoisotopic (exact) mass is 370 g/mol. The van der Waals surface area contributed by atoms with Crippen LogP contribution in [0.2, 0.25) is 0 Å². The Morgan fingerprint density at radius 1 is 1.33 bits per heavy atom. The minimum absolute atomic E-state index is 0.0572. The van der Waals surface area contributed by atoms with Crippen LogP contribution in [-0.2, 0) is 6.42 Å². The van der Waals surface area contributed by atoms with Crippen molar-refractivity contribution < 1.29 is 14.5 Å². The second-order valence-electron chi connectivity index (χ2n) is 6.49. The quantitative estimate of drug-likeness (QED) is 0.551. The number of nitro benzene ring substituents is 1. The maximum Gasteiger partial charge on any atom is 0.272 e. The molecule has 140 valence electrons. The summed E-state index contributed by atoms with van der Waals surface area (Å²) in [6.45, 7) is 1.56. The predicted octanol–water partition coefficient (Wildman–Crippen LogP) is 1.50. The Balaban J connectivity index is 1.89. The van der Waals surface area contributed by atoms with Crippen molar-refractivity contribution in [3.8, 4) is 0 Å². The Hall–Kier alpha value is -3.49. The van der Waals surface area contributed by atoms with E-state index in [1.165, 1.54) is 24.3 Å². The minimum atomic E-state index is -0.833. The summed E-state index contributed by atoms with van der Waals surface area (Å²) in [5.74, 6) is -1.22. The number of aromatic nitrogens is 1. The lowest BCUT2D eigenvalue weighted by Crippen LogP contribution is -2.34. The van der Waals surface area contributed by atoms with Crippen molar-refractivity contribution in [2.75, 3.05) is 0 Å². The van der Waals surface area contributed by atoms with Gasteiger partial charge in [-0.15, -0.1) is 0 Å². The van der Waals surface area contributed by atoms with Crippen LogP contribution in [0.25, 0.3) is 0 Å². The number of H-pyrrole nitrogens is 1. The number of amides is 2. The summed E-state index contributed by atoms with van der Waals surface area (Å²) in [6.07, 6.45) is 2.02. The summed E-state index contributed by atoms with van der Waals surface area (Å²) < 4.78 is 0. The molecule has 9 nitrogen and oxygen atoms in total. The van der Waals surface area contributed by atoms with Gasteiger partial charge in [0.25, 0.3) is 23.1 Å². The molecule has 0 spiro atoms. The standard InChI is InChI=1S/C18H18N4O5/c1-9-7-10(5-6-15(9)22(26)27)17(24)20-13-3-2-4-14-11(13)8-12(16(19)23)18(25)21-14/h5-8,13H,2-4H2,1H3,(H2,19,23)(H,20,24)(H,21,25). The van der Waals surface area contributed by atoms with E-state index in [0.29, 0.717) is 35.2 Å². The summed E-state index contributed by atoms with van der Waals surface area (Å²) in [5.41, 5.74) is 6.49. The van der Waals surface area contributed by atoms with E-state index in [1.54, 1.807) is 6.92 Å². The van der Waals surface area contributed by atoms with Gasteiger partial charge in [-0.2, -0.15) is 0 Å². The van der Waals surface area contributed by atoms with E-state index in [1.807, 2.05) is 0 Å². The predicted molar refractivity (Wildman–Crippen MR) is 96.6 cm³/mol. The van der Waals surface area contributed by atoms with Crippen molar-refractivity contribution in [1.82, 2.24) is 10.3 Å². The molecular formula is C18H18N4O5. The molecule has 0 saturated carbocycles. The number of fused-ring (bicyclic) bond motifs is 1. The number of aryl methyl sites for hydroxylation is 2. The van der Waals surface area contributed by atoms with Crippen LogP contribution in [0.4, 0.5) is 5.69 Å². The third-order valence-corrected chi connectivity index (χ3v) is 4.68. The maximum absolute atomic E-state index is 12.6. The SMILES string of the molecule is Cc1cc(C(=O)NC2CCCc3[nH]c(=O)c(C(N)=O)cc32)ccc1[N+](=O)[O-]. The lowest BCUT2D eigenvalue weighted by atomic mass is 9.90. The van der Waals surface area contributed by atoms with Gasteiger partial charge in [0.15, 0.2) is 0 Å². The first-order valence-corrected chi connectivity index (χ1v) is 8.39. The molecule has 1 atom stereocenters. The van der Waals surface area contributed by atoms with E-state index in [9.17, 15) is 24.5 Å². The Kier molecular flexibility index (Phi) is 4.76. The molecule has 1 aliphatic rings. The number of hydrogen-bond acceptors (Lipinski definition) is 5. The largest absolute Gasteiger partial charge is 0.365 e. The lowest BCUT2D eigenvalue weighted by Gasteiger charge is -2.26. The van der Waals surface area contributed by atoms with E-state index in [-0.39, 0.29) is 11.3 Å². The highest BCUT2D eigenvalue weighted by molar-refractivity contribution is 5.95. The summed E-state index contributed by atoms with van der Waals surface area (Å²) in [5, 5.41) is 13.8. The minimum Gasteiger partial charge on any atom is -0.365 e. The van der Waals surface area contributed by atoms with Crippen LogP contribution in [0.5, 0.6) is 0 Å². The van der Waals surface area contributed by atoms with Gasteiger partial charge in [-0.25, -0.2) is 0 Å². The van der Waals surface area contributed by atoms with E-state index in [2.05, 4.69) is 10.3 Å². The van der Waals surface area contributed by atoms with E-state index in [4.69, 9.17) is 5.73 Å². The lowest BCUT2D eigenvalue weighted by molar-refractivity contribution is -0.385. The molecule has 0 radical (unpaired) electrons. The molecule has 0 saturated heterocycles. The molecule has 1 aliphatic carbocycles. The van der Waals surface area contributed by atoms with Crippen molar-refractivity contribution in [3.05, 3.63) is 72.7 Å². The van der Waals surface area contributed by atoms with Gasteiger partial charge in [0.1, 0.15) is 5.56 Å². The van der Waals surface area contributed by atoms with Crippen LogP contribution in [0, 0.1) is 17.0 Å². The van der Waals surface area contributed by atoms with Crippen LogP contribution in [0.15, 0.2) is 29.1 Å². The number of nitro groups is 1. The number of hydrogen-bond donors (Lipinski definition) is 3. The molecule has 0 bridgehead atoms. The summed E-state index contributed by atoms with van der Waals surface area (Å²) in [7, 11) is 0. The number of nitrogens with one attached hydrogen (secondary N) is 2. The first-order valence-electron chi connectivity index (χ1n) is 8.39. The van der Waals surface area contributed by atoms with Crippen molar-refractivity contribution >= 4 is 17.5 Å². The molecule has 1 aromatic carbocycles. The van der Waals surface area contributed by atoms with Crippen LogP contribution >= 0.6 is 0 Å². The molecule has 4 N–H and O–H groups in total. The third-order valence-electron chi connectivity index (χ3n) is 4.68. The van der Waals surface area contributed by atoms with Crippen LogP contribution < -0.4 is 16.6 Å². The normalized spacial score (nSPS) is 15.7. The number of carbonyl (C=O) groups is 2. The topological polar surface area (TPSA) is 148 Å². The zero-order valence-corrected chi connectivity index (χ0v) is 14.6. The first kappa shape index (κ1) is 18.3. The van der Waals surface area contributed by atoms with Gasteiger partial charge in [0.05, 0.1) is 11.0 Å². The molecule has 9 heteroatoms. The highest BCUT2D eigenvalue weighted by atomic mass is 16.6. The number of primary amides is 1. The smallest absolute Gasteiger partial charge is 0.272 e. The Morgan fingerprint density at radius 2 is 2.07 bits per heavy atom. The number of nitrogens with two attached hydrogens (primary N) is 1. The fourth-order valence-corrected chi connectivity index (χ4v) is 3.32. The molecule has 27 heavy (non-hydrogen) atoms. The Morgan fingerprint density at radius 3 is 2.70 bits per heavy atom.